The Morgan fingerprint density at radius 3 is 1.91 bits per heavy atom. The molecule has 0 heterocycles. The number of ether oxygens (including phenoxy) is 1. The molecule has 0 N–H and O–H groups in total. The summed E-state index contributed by atoms with van der Waals surface area (Å²) in [6.45, 7) is 2.36. The minimum absolute atomic E-state index is 0. The summed E-state index contributed by atoms with van der Waals surface area (Å²) < 4.78 is 4.06. The van der Waals surface area contributed by atoms with Crippen molar-refractivity contribution in [1.29, 1.82) is 0 Å². The van der Waals surface area contributed by atoms with Crippen LogP contribution in [0.3, 0.4) is 0 Å². The Morgan fingerprint density at radius 2 is 1.64 bits per heavy atom. The molecule has 0 aliphatic carbocycles. The summed E-state index contributed by atoms with van der Waals surface area (Å²) in [7, 11) is 0. The third kappa shape index (κ3) is 9.52. The summed E-state index contributed by atoms with van der Waals surface area (Å²) in [6, 6.07) is 0. The van der Waals surface area contributed by atoms with Gasteiger partial charge in [0.25, 0.3) is 0 Å². The molecule has 4 nitrogen and oxygen atoms in total. The predicted molar refractivity (Wildman–Crippen MR) is 32.1 cm³/mol. The maximum atomic E-state index is 10.4. The summed E-state index contributed by atoms with van der Waals surface area (Å²) in [4.78, 5) is 30.7. The molecule has 0 spiro atoms. The second kappa shape index (κ2) is 6.25. The summed E-state index contributed by atoms with van der Waals surface area (Å²) >= 11 is 0. The van der Waals surface area contributed by atoms with Crippen LogP contribution in [0.25, 0.3) is 0 Å². The fraction of sp³-hybridized carbons (Fsp3) is 0.500. The van der Waals surface area contributed by atoms with Crippen LogP contribution in [0.4, 0.5) is 0 Å². The molecule has 0 radical (unpaired) electrons. The molecule has 0 saturated carbocycles. The van der Waals surface area contributed by atoms with Crippen molar-refractivity contribution in [3.63, 3.8) is 0 Å². The number of ketones is 1. The number of Topliss-reactive ketones (excluding diaryl/α,β-unsaturated/α-hetero) is 1. The van der Waals surface area contributed by atoms with Gasteiger partial charge in [-0.1, -0.05) is 0 Å². The largest absolute Gasteiger partial charge is 0.393 e. The summed E-state index contributed by atoms with van der Waals surface area (Å²) in [5.74, 6) is -1.79. The van der Waals surface area contributed by atoms with E-state index in [1.807, 2.05) is 0 Å². The molecule has 0 atom stereocenters. The molecule has 0 aromatic heterocycles. The van der Waals surface area contributed by atoms with Gasteiger partial charge in [-0.2, -0.15) is 0 Å². The monoisotopic (exact) mass is 192 g/mol. The van der Waals surface area contributed by atoms with Gasteiger partial charge >= 0.3 is 11.9 Å². The van der Waals surface area contributed by atoms with Gasteiger partial charge in [-0.3, -0.25) is 14.4 Å². The molecular weight excluding hydrogens is 184 g/mol. The van der Waals surface area contributed by atoms with Crippen molar-refractivity contribution < 1.29 is 40.8 Å². The first kappa shape index (κ1) is 13.1. The number of carbonyl (C=O) groups excluding carboxylic acids is 3. The van der Waals surface area contributed by atoms with Crippen LogP contribution in [0.15, 0.2) is 0 Å². The van der Waals surface area contributed by atoms with E-state index in [2.05, 4.69) is 4.74 Å². The van der Waals surface area contributed by atoms with Gasteiger partial charge in [0.2, 0.25) is 0 Å². The van der Waals surface area contributed by atoms with Gasteiger partial charge in [-0.25, -0.2) is 0 Å². The quantitative estimate of drug-likeness (QED) is 0.352. The number of rotatable bonds is 2. The Balaban J connectivity index is 0. The fourth-order valence-electron chi connectivity index (χ4n) is 0.400. The van der Waals surface area contributed by atoms with Crippen LogP contribution in [-0.4, -0.2) is 17.7 Å². The van der Waals surface area contributed by atoms with Gasteiger partial charge in [0, 0.05) is 28.6 Å². The van der Waals surface area contributed by atoms with E-state index in [-0.39, 0.29) is 33.9 Å². The summed E-state index contributed by atoms with van der Waals surface area (Å²) in [6.07, 6.45) is -0.334. The summed E-state index contributed by atoms with van der Waals surface area (Å²) in [5, 5.41) is 0. The Hall–Kier alpha value is -0.476. The van der Waals surface area contributed by atoms with Crippen molar-refractivity contribution >= 4 is 17.7 Å². The van der Waals surface area contributed by atoms with E-state index >= 15 is 0 Å². The van der Waals surface area contributed by atoms with E-state index in [0.717, 1.165) is 6.92 Å². The molecule has 0 amide bonds. The molecule has 5 heteroatoms. The average Bonchev–Trinajstić information content (AvgIpc) is 1.58. The van der Waals surface area contributed by atoms with E-state index in [1.54, 1.807) is 0 Å². The van der Waals surface area contributed by atoms with E-state index < -0.39 is 11.9 Å². The second-order valence-corrected chi connectivity index (χ2v) is 1.84. The molecule has 11 heavy (non-hydrogen) atoms. The summed E-state index contributed by atoms with van der Waals surface area (Å²) in [5.41, 5.74) is 0. The van der Waals surface area contributed by atoms with Gasteiger partial charge in [-0.15, -0.1) is 0 Å². The number of hydrogen-bond acceptors (Lipinski definition) is 4. The first-order chi connectivity index (χ1) is 4.52. The van der Waals surface area contributed by atoms with Crippen LogP contribution in [0.2, 0.25) is 0 Å². The molecule has 0 unspecified atom stereocenters. The number of carbonyl (C=O) groups is 3. The molecule has 0 fully saturated rings. The number of esters is 2. The van der Waals surface area contributed by atoms with Crippen molar-refractivity contribution in [3.8, 4) is 0 Å². The second-order valence-electron chi connectivity index (χ2n) is 1.84. The normalized spacial score (nSPS) is 7.82. The molecule has 0 aliphatic rings. The maximum Gasteiger partial charge on any atom is 0.320 e. The van der Waals surface area contributed by atoms with Gasteiger partial charge in [-0.05, 0) is 6.92 Å². The van der Waals surface area contributed by atoms with Crippen molar-refractivity contribution in [2.75, 3.05) is 0 Å². The average molecular weight is 192 g/mol. The van der Waals surface area contributed by atoms with Gasteiger partial charge < -0.3 is 4.74 Å². The van der Waals surface area contributed by atoms with E-state index in [1.165, 1.54) is 6.92 Å². The molecule has 0 rings (SSSR count). The van der Waals surface area contributed by atoms with Gasteiger partial charge in [0.15, 0.2) is 0 Å². The minimum Gasteiger partial charge on any atom is -0.393 e. The molecule has 0 bridgehead atoms. The zero-order valence-corrected chi connectivity index (χ0v) is 7.90. The van der Waals surface area contributed by atoms with Crippen LogP contribution in [0, 0.1) is 0 Å². The van der Waals surface area contributed by atoms with Crippen molar-refractivity contribution in [3.05, 3.63) is 0 Å². The Morgan fingerprint density at radius 1 is 1.18 bits per heavy atom. The SMILES string of the molecule is CC(=O)CC(=O)OC(C)=O.[Ti]. The zero-order valence-electron chi connectivity index (χ0n) is 6.34. The van der Waals surface area contributed by atoms with Crippen LogP contribution in [0.1, 0.15) is 20.3 Å². The van der Waals surface area contributed by atoms with Crippen molar-refractivity contribution in [1.82, 2.24) is 0 Å². The topological polar surface area (TPSA) is 60.4 Å². The molecule has 0 saturated heterocycles. The fourth-order valence-corrected chi connectivity index (χ4v) is 0.400. The third-order valence-corrected chi connectivity index (χ3v) is 0.651. The van der Waals surface area contributed by atoms with E-state index in [4.69, 9.17) is 0 Å². The Labute approximate surface area is 79.2 Å². The van der Waals surface area contributed by atoms with Gasteiger partial charge in [0.05, 0.1) is 0 Å². The first-order valence-electron chi connectivity index (χ1n) is 2.73. The smallest absolute Gasteiger partial charge is 0.320 e. The Bertz CT molecular complexity index is 157. The third-order valence-electron chi connectivity index (χ3n) is 0.651. The van der Waals surface area contributed by atoms with Crippen molar-refractivity contribution in [2.24, 2.45) is 0 Å². The van der Waals surface area contributed by atoms with Crippen molar-refractivity contribution in [2.45, 2.75) is 20.3 Å². The predicted octanol–water partition coefficient (Wildman–Crippen LogP) is 0.0527. The van der Waals surface area contributed by atoms with E-state index in [9.17, 15) is 14.4 Å². The molecule has 0 aromatic rings. The number of hydrogen-bond donors (Lipinski definition) is 0. The Kier molecular flexibility index (Phi) is 7.46. The minimum atomic E-state index is -0.792. The van der Waals surface area contributed by atoms with Crippen LogP contribution in [0.5, 0.6) is 0 Å². The first-order valence-corrected chi connectivity index (χ1v) is 2.73. The molecule has 60 valence electrons. The maximum absolute atomic E-state index is 10.4. The zero-order chi connectivity index (χ0) is 8.15. The van der Waals surface area contributed by atoms with Crippen LogP contribution in [-0.2, 0) is 40.8 Å². The molecular formula is C6H8O4Ti. The van der Waals surface area contributed by atoms with Gasteiger partial charge in [0.1, 0.15) is 12.2 Å². The molecule has 0 aliphatic heterocycles. The standard InChI is InChI=1S/C6H8O4.Ti/c1-4(7)3-6(9)10-5(2)8;/h3H2,1-2H3;. The van der Waals surface area contributed by atoms with Crippen LogP contribution >= 0.6 is 0 Å². The van der Waals surface area contributed by atoms with Crippen LogP contribution < -0.4 is 0 Å². The molecule has 0 aromatic carbocycles. The van der Waals surface area contributed by atoms with E-state index in [0.29, 0.717) is 0 Å².